The zero-order valence-electron chi connectivity index (χ0n) is 12.6. The lowest BCUT2D eigenvalue weighted by Crippen LogP contribution is -2.33. The number of rotatable bonds is 7. The molecule has 0 amide bonds. The standard InChI is InChI=1S/C18H20ClNO2/c1-22-18(21)12-17(11-14-7-9-16(19)10-8-14)20-13-15-5-3-2-4-6-15/h2-10,17,20H,11-13H2,1H3. The summed E-state index contributed by atoms with van der Waals surface area (Å²) in [7, 11) is 1.42. The monoisotopic (exact) mass is 317 g/mol. The van der Waals surface area contributed by atoms with Gasteiger partial charge in [0.05, 0.1) is 13.5 Å². The first kappa shape index (κ1) is 16.5. The number of carbonyl (C=O) groups is 1. The molecule has 22 heavy (non-hydrogen) atoms. The first-order chi connectivity index (χ1) is 10.7. The van der Waals surface area contributed by atoms with Crippen LogP contribution in [0.3, 0.4) is 0 Å². The van der Waals surface area contributed by atoms with E-state index in [1.807, 2.05) is 42.5 Å². The lowest BCUT2D eigenvalue weighted by molar-refractivity contribution is -0.141. The molecular weight excluding hydrogens is 298 g/mol. The molecule has 0 heterocycles. The average Bonchev–Trinajstić information content (AvgIpc) is 2.55. The maximum Gasteiger partial charge on any atom is 0.307 e. The molecule has 0 fully saturated rings. The Labute approximate surface area is 136 Å². The molecule has 0 aliphatic rings. The molecule has 0 aliphatic heterocycles. The van der Waals surface area contributed by atoms with Gasteiger partial charge in [0.25, 0.3) is 0 Å². The SMILES string of the molecule is COC(=O)CC(Cc1ccc(Cl)cc1)NCc1ccccc1. The normalized spacial score (nSPS) is 11.9. The first-order valence-corrected chi connectivity index (χ1v) is 7.63. The summed E-state index contributed by atoms with van der Waals surface area (Å²) in [5.41, 5.74) is 2.33. The fourth-order valence-electron chi connectivity index (χ4n) is 2.26. The van der Waals surface area contributed by atoms with Crippen LogP contribution in [0.25, 0.3) is 0 Å². The van der Waals surface area contributed by atoms with Crippen molar-refractivity contribution in [2.45, 2.75) is 25.4 Å². The van der Waals surface area contributed by atoms with E-state index in [2.05, 4.69) is 17.4 Å². The summed E-state index contributed by atoms with van der Waals surface area (Å²) >= 11 is 5.91. The highest BCUT2D eigenvalue weighted by Crippen LogP contribution is 2.13. The van der Waals surface area contributed by atoms with E-state index < -0.39 is 0 Å². The Morgan fingerprint density at radius 3 is 2.41 bits per heavy atom. The Balaban J connectivity index is 1.98. The number of halogens is 1. The second kappa shape index (κ2) is 8.57. The average molecular weight is 318 g/mol. The Kier molecular flexibility index (Phi) is 6.44. The highest BCUT2D eigenvalue weighted by molar-refractivity contribution is 6.30. The highest BCUT2D eigenvalue weighted by Gasteiger charge is 2.14. The number of ether oxygens (including phenoxy) is 1. The third kappa shape index (κ3) is 5.51. The van der Waals surface area contributed by atoms with Crippen molar-refractivity contribution in [3.05, 3.63) is 70.7 Å². The maximum atomic E-state index is 11.6. The van der Waals surface area contributed by atoms with Gasteiger partial charge in [-0.15, -0.1) is 0 Å². The second-order valence-corrected chi connectivity index (χ2v) is 5.61. The van der Waals surface area contributed by atoms with Crippen molar-refractivity contribution in [3.63, 3.8) is 0 Å². The van der Waals surface area contributed by atoms with E-state index in [4.69, 9.17) is 16.3 Å². The van der Waals surface area contributed by atoms with Crippen molar-refractivity contribution >= 4 is 17.6 Å². The Hall–Kier alpha value is -1.84. The van der Waals surface area contributed by atoms with Gasteiger partial charge in [-0.3, -0.25) is 4.79 Å². The number of benzene rings is 2. The molecule has 2 rings (SSSR count). The number of esters is 1. The van der Waals surface area contributed by atoms with Crippen molar-refractivity contribution in [3.8, 4) is 0 Å². The predicted octanol–water partition coefficient (Wildman–Crippen LogP) is 3.60. The molecule has 116 valence electrons. The summed E-state index contributed by atoms with van der Waals surface area (Å²) in [6.45, 7) is 0.718. The molecule has 3 nitrogen and oxygen atoms in total. The molecule has 1 unspecified atom stereocenters. The van der Waals surface area contributed by atoms with Crippen molar-refractivity contribution < 1.29 is 9.53 Å². The molecular formula is C18H20ClNO2. The molecule has 0 saturated carbocycles. The molecule has 0 saturated heterocycles. The van der Waals surface area contributed by atoms with Crippen molar-refractivity contribution in [2.24, 2.45) is 0 Å². The Morgan fingerprint density at radius 1 is 1.09 bits per heavy atom. The van der Waals surface area contributed by atoms with Gasteiger partial charge < -0.3 is 10.1 Å². The van der Waals surface area contributed by atoms with Crippen LogP contribution in [-0.2, 0) is 22.5 Å². The van der Waals surface area contributed by atoms with E-state index in [1.54, 1.807) is 0 Å². The predicted molar refractivity (Wildman–Crippen MR) is 88.9 cm³/mol. The molecule has 0 aromatic heterocycles. The molecule has 4 heteroatoms. The maximum absolute atomic E-state index is 11.6. The summed E-state index contributed by atoms with van der Waals surface area (Å²) < 4.78 is 4.79. The summed E-state index contributed by atoms with van der Waals surface area (Å²) in [5.74, 6) is -0.209. The van der Waals surface area contributed by atoms with Crippen LogP contribution < -0.4 is 5.32 Å². The van der Waals surface area contributed by atoms with E-state index in [1.165, 1.54) is 12.7 Å². The Bertz CT molecular complexity index is 584. The number of hydrogen-bond donors (Lipinski definition) is 1. The van der Waals surface area contributed by atoms with Gasteiger partial charge in [0.1, 0.15) is 0 Å². The largest absolute Gasteiger partial charge is 0.469 e. The molecule has 0 radical (unpaired) electrons. The van der Waals surface area contributed by atoms with Crippen molar-refractivity contribution in [1.29, 1.82) is 0 Å². The number of methoxy groups -OCH3 is 1. The van der Waals surface area contributed by atoms with Crippen LogP contribution in [0, 0.1) is 0 Å². The van der Waals surface area contributed by atoms with E-state index in [0.717, 1.165) is 18.5 Å². The lowest BCUT2D eigenvalue weighted by atomic mass is 10.0. The number of nitrogens with one attached hydrogen (secondary N) is 1. The highest BCUT2D eigenvalue weighted by atomic mass is 35.5. The van der Waals surface area contributed by atoms with Crippen LogP contribution in [0.4, 0.5) is 0 Å². The summed E-state index contributed by atoms with van der Waals surface area (Å²) in [5, 5.41) is 4.14. The van der Waals surface area contributed by atoms with Gasteiger partial charge >= 0.3 is 5.97 Å². The lowest BCUT2D eigenvalue weighted by Gasteiger charge is -2.18. The third-order valence-electron chi connectivity index (χ3n) is 3.47. The topological polar surface area (TPSA) is 38.3 Å². The number of carbonyl (C=O) groups excluding carboxylic acids is 1. The van der Waals surface area contributed by atoms with Gasteiger partial charge in [-0.25, -0.2) is 0 Å². The molecule has 2 aromatic carbocycles. The van der Waals surface area contributed by atoms with Crippen molar-refractivity contribution in [1.82, 2.24) is 5.32 Å². The Morgan fingerprint density at radius 2 is 1.77 bits per heavy atom. The summed E-state index contributed by atoms with van der Waals surface area (Å²) in [4.78, 5) is 11.6. The van der Waals surface area contributed by atoms with Gasteiger partial charge in [0.15, 0.2) is 0 Å². The van der Waals surface area contributed by atoms with Gasteiger partial charge in [-0.05, 0) is 29.7 Å². The smallest absolute Gasteiger partial charge is 0.307 e. The number of hydrogen-bond acceptors (Lipinski definition) is 3. The van der Waals surface area contributed by atoms with Crippen molar-refractivity contribution in [2.75, 3.05) is 7.11 Å². The third-order valence-corrected chi connectivity index (χ3v) is 3.73. The van der Waals surface area contributed by atoms with Crippen LogP contribution in [-0.4, -0.2) is 19.1 Å². The van der Waals surface area contributed by atoms with Gasteiger partial charge in [-0.1, -0.05) is 54.1 Å². The minimum absolute atomic E-state index is 0.0221. The fourth-order valence-corrected chi connectivity index (χ4v) is 2.39. The van der Waals surface area contributed by atoms with Crippen LogP contribution in [0.5, 0.6) is 0 Å². The first-order valence-electron chi connectivity index (χ1n) is 7.26. The molecule has 2 aromatic rings. The molecule has 0 bridgehead atoms. The van der Waals surface area contributed by atoms with Crippen LogP contribution >= 0.6 is 11.6 Å². The second-order valence-electron chi connectivity index (χ2n) is 5.17. The summed E-state index contributed by atoms with van der Waals surface area (Å²) in [6, 6.07) is 17.8. The minimum Gasteiger partial charge on any atom is -0.469 e. The molecule has 0 aliphatic carbocycles. The minimum atomic E-state index is -0.209. The zero-order chi connectivity index (χ0) is 15.8. The molecule has 1 atom stereocenters. The van der Waals surface area contributed by atoms with Crippen LogP contribution in [0.1, 0.15) is 17.5 Å². The van der Waals surface area contributed by atoms with Gasteiger partial charge in [-0.2, -0.15) is 0 Å². The van der Waals surface area contributed by atoms with E-state index in [9.17, 15) is 4.79 Å². The molecule has 1 N–H and O–H groups in total. The van der Waals surface area contributed by atoms with Gasteiger partial charge in [0, 0.05) is 17.6 Å². The van der Waals surface area contributed by atoms with E-state index >= 15 is 0 Å². The molecule has 0 spiro atoms. The van der Waals surface area contributed by atoms with E-state index in [-0.39, 0.29) is 12.0 Å². The fraction of sp³-hybridized carbons (Fsp3) is 0.278. The van der Waals surface area contributed by atoms with Gasteiger partial charge in [0.2, 0.25) is 0 Å². The van der Waals surface area contributed by atoms with Crippen LogP contribution in [0.15, 0.2) is 54.6 Å². The summed E-state index contributed by atoms with van der Waals surface area (Å²) in [6.07, 6.45) is 1.09. The zero-order valence-corrected chi connectivity index (χ0v) is 13.3. The van der Waals surface area contributed by atoms with Crippen LogP contribution in [0.2, 0.25) is 5.02 Å². The van der Waals surface area contributed by atoms with E-state index in [0.29, 0.717) is 11.4 Å². The quantitative estimate of drug-likeness (QED) is 0.793.